The molecule has 1 aromatic rings. The molecule has 1 saturated heterocycles. The van der Waals surface area contributed by atoms with E-state index < -0.39 is 0 Å². The average molecular weight is 247 g/mol. The molecule has 2 nitrogen and oxygen atoms in total. The maximum absolute atomic E-state index is 5.70. The molecule has 2 heteroatoms. The number of hydrogen-bond donors (Lipinski definition) is 1. The minimum Gasteiger partial charge on any atom is -0.491 e. The molecule has 1 N–H and O–H groups in total. The summed E-state index contributed by atoms with van der Waals surface area (Å²) in [6.07, 6.45) is 1.42. The summed E-state index contributed by atoms with van der Waals surface area (Å²) in [5, 5.41) is 3.60. The average Bonchev–Trinajstić information content (AvgIpc) is 2.54. The molecule has 2 rings (SSSR count). The molecule has 1 aromatic carbocycles. The van der Waals surface area contributed by atoms with E-state index in [1.807, 2.05) is 0 Å². The zero-order valence-electron chi connectivity index (χ0n) is 12.2. The van der Waals surface area contributed by atoms with Gasteiger partial charge in [0.2, 0.25) is 0 Å². The number of ether oxygens (including phenoxy) is 1. The van der Waals surface area contributed by atoms with E-state index in [0.717, 1.165) is 12.3 Å². The van der Waals surface area contributed by atoms with Gasteiger partial charge in [-0.25, -0.2) is 0 Å². The van der Waals surface area contributed by atoms with Crippen LogP contribution in [0.4, 0.5) is 0 Å². The number of benzene rings is 1. The molecule has 0 aliphatic carbocycles. The zero-order chi connectivity index (χ0) is 13.4. The van der Waals surface area contributed by atoms with Crippen LogP contribution in [0.5, 0.6) is 5.75 Å². The highest BCUT2D eigenvalue weighted by atomic mass is 16.5. The molecule has 1 atom stereocenters. The first-order valence-corrected chi connectivity index (χ1v) is 6.87. The van der Waals surface area contributed by atoms with E-state index in [1.165, 1.54) is 12.0 Å². The van der Waals surface area contributed by atoms with E-state index in [1.54, 1.807) is 0 Å². The van der Waals surface area contributed by atoms with Crippen LogP contribution in [-0.2, 0) is 5.41 Å². The van der Waals surface area contributed by atoms with Gasteiger partial charge in [0.25, 0.3) is 0 Å². The van der Waals surface area contributed by atoms with Crippen molar-refractivity contribution in [2.24, 2.45) is 0 Å². The van der Waals surface area contributed by atoms with Crippen molar-refractivity contribution >= 4 is 0 Å². The highest BCUT2D eigenvalue weighted by Crippen LogP contribution is 2.42. The van der Waals surface area contributed by atoms with Gasteiger partial charge in [-0.3, -0.25) is 0 Å². The fourth-order valence-electron chi connectivity index (χ4n) is 2.81. The van der Waals surface area contributed by atoms with Gasteiger partial charge in [-0.2, -0.15) is 0 Å². The Labute approximate surface area is 111 Å². The minimum absolute atomic E-state index is 0.146. The topological polar surface area (TPSA) is 21.3 Å². The van der Waals surface area contributed by atoms with Crippen LogP contribution in [0.3, 0.4) is 0 Å². The Morgan fingerprint density at radius 1 is 1.11 bits per heavy atom. The van der Waals surface area contributed by atoms with Crippen molar-refractivity contribution in [2.75, 3.05) is 6.54 Å². The van der Waals surface area contributed by atoms with Crippen molar-refractivity contribution in [2.45, 2.75) is 58.1 Å². The molecule has 100 valence electrons. The van der Waals surface area contributed by atoms with E-state index in [0.29, 0.717) is 0 Å². The van der Waals surface area contributed by atoms with Gasteiger partial charge in [0.15, 0.2) is 0 Å². The summed E-state index contributed by atoms with van der Waals surface area (Å²) in [6.45, 7) is 12.1. The SMILES string of the molecule is CC(C)Oc1ccc(C2(C)CCNC2(C)C)cc1. The second kappa shape index (κ2) is 4.58. The summed E-state index contributed by atoms with van der Waals surface area (Å²) in [4.78, 5) is 0. The lowest BCUT2D eigenvalue weighted by Gasteiger charge is -2.38. The lowest BCUT2D eigenvalue weighted by Crippen LogP contribution is -2.47. The van der Waals surface area contributed by atoms with Crippen LogP contribution in [0.1, 0.15) is 46.6 Å². The smallest absolute Gasteiger partial charge is 0.119 e. The molecular formula is C16H25NO. The maximum atomic E-state index is 5.70. The molecule has 0 spiro atoms. The van der Waals surface area contributed by atoms with Gasteiger partial charge < -0.3 is 10.1 Å². The lowest BCUT2D eigenvalue weighted by molar-refractivity contribution is 0.242. The van der Waals surface area contributed by atoms with Crippen LogP contribution >= 0.6 is 0 Å². The van der Waals surface area contributed by atoms with Crippen molar-refractivity contribution in [3.05, 3.63) is 29.8 Å². The molecule has 1 fully saturated rings. The molecular weight excluding hydrogens is 222 g/mol. The zero-order valence-corrected chi connectivity index (χ0v) is 12.2. The second-order valence-electron chi connectivity index (χ2n) is 6.32. The van der Waals surface area contributed by atoms with E-state index in [4.69, 9.17) is 4.74 Å². The van der Waals surface area contributed by atoms with Crippen LogP contribution in [0.15, 0.2) is 24.3 Å². The van der Waals surface area contributed by atoms with E-state index in [9.17, 15) is 0 Å². The summed E-state index contributed by atoms with van der Waals surface area (Å²) in [7, 11) is 0. The molecule has 0 bridgehead atoms. The number of nitrogens with one attached hydrogen (secondary N) is 1. The number of rotatable bonds is 3. The highest BCUT2D eigenvalue weighted by molar-refractivity contribution is 5.36. The Balaban J connectivity index is 2.24. The van der Waals surface area contributed by atoms with Crippen LogP contribution in [-0.4, -0.2) is 18.2 Å². The van der Waals surface area contributed by atoms with Gasteiger partial charge in [0, 0.05) is 11.0 Å². The molecule has 0 saturated carbocycles. The first kappa shape index (κ1) is 13.4. The Morgan fingerprint density at radius 3 is 2.17 bits per heavy atom. The Bertz CT molecular complexity index is 408. The molecule has 0 radical (unpaired) electrons. The molecule has 0 aromatic heterocycles. The summed E-state index contributed by atoms with van der Waals surface area (Å²) in [5.74, 6) is 0.959. The normalized spacial score (nSPS) is 26.6. The van der Waals surface area contributed by atoms with Gasteiger partial charge >= 0.3 is 0 Å². The van der Waals surface area contributed by atoms with Crippen LogP contribution < -0.4 is 10.1 Å². The van der Waals surface area contributed by atoms with Crippen molar-refractivity contribution < 1.29 is 4.74 Å². The van der Waals surface area contributed by atoms with E-state index in [-0.39, 0.29) is 17.1 Å². The van der Waals surface area contributed by atoms with Crippen LogP contribution in [0.2, 0.25) is 0 Å². The molecule has 18 heavy (non-hydrogen) atoms. The minimum atomic E-state index is 0.146. The Morgan fingerprint density at radius 2 is 1.72 bits per heavy atom. The van der Waals surface area contributed by atoms with Crippen molar-refractivity contribution in [1.82, 2.24) is 5.32 Å². The maximum Gasteiger partial charge on any atom is 0.119 e. The third-order valence-electron chi connectivity index (χ3n) is 4.43. The summed E-state index contributed by atoms with van der Waals surface area (Å²) in [6, 6.07) is 8.61. The quantitative estimate of drug-likeness (QED) is 0.882. The monoisotopic (exact) mass is 247 g/mol. The third kappa shape index (κ3) is 2.26. The first-order valence-electron chi connectivity index (χ1n) is 6.87. The summed E-state index contributed by atoms with van der Waals surface area (Å²) < 4.78 is 5.70. The Hall–Kier alpha value is -1.02. The molecule has 0 amide bonds. The van der Waals surface area contributed by atoms with Crippen LogP contribution in [0, 0.1) is 0 Å². The van der Waals surface area contributed by atoms with Crippen molar-refractivity contribution in [3.63, 3.8) is 0 Å². The standard InChI is InChI=1S/C16H25NO/c1-12(2)18-14-8-6-13(7-9-14)16(5)10-11-17-15(16,3)4/h6-9,12,17H,10-11H2,1-5H3. The fourth-order valence-corrected chi connectivity index (χ4v) is 2.81. The lowest BCUT2D eigenvalue weighted by atomic mass is 9.69. The molecule has 1 heterocycles. The van der Waals surface area contributed by atoms with Gasteiger partial charge in [-0.15, -0.1) is 0 Å². The van der Waals surface area contributed by atoms with Crippen molar-refractivity contribution in [1.29, 1.82) is 0 Å². The van der Waals surface area contributed by atoms with Gasteiger partial charge in [-0.05, 0) is 58.4 Å². The van der Waals surface area contributed by atoms with Gasteiger partial charge in [0.05, 0.1) is 6.10 Å². The molecule has 1 unspecified atom stereocenters. The van der Waals surface area contributed by atoms with Crippen molar-refractivity contribution in [3.8, 4) is 5.75 Å². The Kier molecular flexibility index (Phi) is 3.41. The van der Waals surface area contributed by atoms with E-state index in [2.05, 4.69) is 64.2 Å². The summed E-state index contributed by atoms with van der Waals surface area (Å²) >= 11 is 0. The highest BCUT2D eigenvalue weighted by Gasteiger charge is 2.45. The van der Waals surface area contributed by atoms with E-state index >= 15 is 0 Å². The predicted octanol–water partition coefficient (Wildman–Crippen LogP) is 3.50. The summed E-state index contributed by atoms with van der Waals surface area (Å²) in [5.41, 5.74) is 1.74. The predicted molar refractivity (Wildman–Crippen MR) is 76.3 cm³/mol. The third-order valence-corrected chi connectivity index (χ3v) is 4.43. The molecule has 1 aliphatic rings. The van der Waals surface area contributed by atoms with Gasteiger partial charge in [-0.1, -0.05) is 19.1 Å². The number of hydrogen-bond acceptors (Lipinski definition) is 2. The second-order valence-corrected chi connectivity index (χ2v) is 6.32. The largest absolute Gasteiger partial charge is 0.491 e. The first-order chi connectivity index (χ1) is 8.35. The fraction of sp³-hybridized carbons (Fsp3) is 0.625. The van der Waals surface area contributed by atoms with Crippen LogP contribution in [0.25, 0.3) is 0 Å². The van der Waals surface area contributed by atoms with Gasteiger partial charge in [0.1, 0.15) is 5.75 Å². The molecule has 1 aliphatic heterocycles.